The highest BCUT2D eigenvalue weighted by atomic mass is 35.5. The lowest BCUT2D eigenvalue weighted by Crippen LogP contribution is -2.43. The zero-order valence-electron chi connectivity index (χ0n) is 14.1. The molecule has 0 radical (unpaired) electrons. The Kier molecular flexibility index (Phi) is 7.65. The van der Waals surface area contributed by atoms with E-state index in [0.717, 1.165) is 31.5 Å². The quantitative estimate of drug-likeness (QED) is 0.832. The van der Waals surface area contributed by atoms with Crippen molar-refractivity contribution in [3.8, 4) is 11.5 Å². The SMILES string of the molecule is COc1cccc(OC)c1CC(=O)NCC1(C)CCNCC1.Cl. The number of rotatable bonds is 6. The molecule has 1 heterocycles. The van der Waals surface area contributed by atoms with Crippen LogP contribution < -0.4 is 20.1 Å². The third-order valence-electron chi connectivity index (χ3n) is 4.39. The fourth-order valence-electron chi connectivity index (χ4n) is 2.84. The summed E-state index contributed by atoms with van der Waals surface area (Å²) in [6.07, 6.45) is 2.44. The van der Waals surface area contributed by atoms with E-state index in [4.69, 9.17) is 9.47 Å². The summed E-state index contributed by atoms with van der Waals surface area (Å²) in [6.45, 7) is 4.99. The Balaban J connectivity index is 0.00000264. The third kappa shape index (κ3) is 5.29. The van der Waals surface area contributed by atoms with Crippen molar-refractivity contribution in [2.75, 3.05) is 33.9 Å². The van der Waals surface area contributed by atoms with Crippen LogP contribution in [0.2, 0.25) is 0 Å². The molecule has 0 saturated carbocycles. The second-order valence-electron chi connectivity index (χ2n) is 6.16. The van der Waals surface area contributed by atoms with Gasteiger partial charge in [-0.05, 0) is 43.5 Å². The van der Waals surface area contributed by atoms with Crippen LogP contribution in [0.4, 0.5) is 0 Å². The van der Waals surface area contributed by atoms with E-state index < -0.39 is 0 Å². The van der Waals surface area contributed by atoms with E-state index in [9.17, 15) is 4.79 Å². The van der Waals surface area contributed by atoms with Gasteiger partial charge in [0.15, 0.2) is 0 Å². The van der Waals surface area contributed by atoms with Crippen LogP contribution in [0, 0.1) is 5.41 Å². The molecule has 0 aliphatic carbocycles. The topological polar surface area (TPSA) is 59.6 Å². The van der Waals surface area contributed by atoms with Gasteiger partial charge in [0.25, 0.3) is 0 Å². The molecule has 1 aromatic rings. The van der Waals surface area contributed by atoms with Crippen LogP contribution in [-0.2, 0) is 11.2 Å². The Labute approximate surface area is 144 Å². The number of hydrogen-bond donors (Lipinski definition) is 2. The van der Waals surface area contributed by atoms with Crippen LogP contribution in [0.15, 0.2) is 18.2 Å². The average Bonchev–Trinajstić information content (AvgIpc) is 2.54. The second kappa shape index (κ2) is 8.99. The molecule has 1 fully saturated rings. The first-order chi connectivity index (χ1) is 10.6. The molecular formula is C17H27ClN2O3. The van der Waals surface area contributed by atoms with Gasteiger partial charge in [0.1, 0.15) is 11.5 Å². The first-order valence-corrected chi connectivity index (χ1v) is 7.75. The zero-order valence-corrected chi connectivity index (χ0v) is 14.9. The molecule has 6 heteroatoms. The first kappa shape index (κ1) is 19.6. The van der Waals surface area contributed by atoms with Gasteiger partial charge < -0.3 is 20.1 Å². The number of nitrogens with one attached hydrogen (secondary N) is 2. The fraction of sp³-hybridized carbons (Fsp3) is 0.588. The second-order valence-corrected chi connectivity index (χ2v) is 6.16. The molecule has 5 nitrogen and oxygen atoms in total. The maximum atomic E-state index is 12.3. The smallest absolute Gasteiger partial charge is 0.224 e. The minimum atomic E-state index is 0. The number of methoxy groups -OCH3 is 2. The van der Waals surface area contributed by atoms with Crippen LogP contribution in [0.25, 0.3) is 0 Å². The lowest BCUT2D eigenvalue weighted by molar-refractivity contribution is -0.121. The summed E-state index contributed by atoms with van der Waals surface area (Å²) in [6, 6.07) is 5.55. The van der Waals surface area contributed by atoms with Gasteiger partial charge in [-0.2, -0.15) is 0 Å². The standard InChI is InChI=1S/C17H26N2O3.ClH/c1-17(7-9-18-10-8-17)12-19-16(20)11-13-14(21-2)5-4-6-15(13)22-3;/h4-6,18H,7-12H2,1-3H3,(H,19,20);1H. The zero-order chi connectivity index (χ0) is 16.0. The predicted octanol–water partition coefficient (Wildman–Crippen LogP) is 2.17. The number of benzene rings is 1. The number of amides is 1. The molecule has 0 bridgehead atoms. The lowest BCUT2D eigenvalue weighted by atomic mass is 9.81. The van der Waals surface area contributed by atoms with Gasteiger partial charge in [-0.25, -0.2) is 0 Å². The van der Waals surface area contributed by atoms with Gasteiger partial charge in [0.2, 0.25) is 5.91 Å². The summed E-state index contributed by atoms with van der Waals surface area (Å²) in [7, 11) is 3.21. The summed E-state index contributed by atoms with van der Waals surface area (Å²) in [5, 5.41) is 6.42. The van der Waals surface area contributed by atoms with Gasteiger partial charge in [-0.15, -0.1) is 12.4 Å². The molecule has 2 N–H and O–H groups in total. The van der Waals surface area contributed by atoms with Gasteiger partial charge in [0, 0.05) is 12.1 Å². The van der Waals surface area contributed by atoms with E-state index >= 15 is 0 Å². The highest BCUT2D eigenvalue weighted by Crippen LogP contribution is 2.29. The summed E-state index contributed by atoms with van der Waals surface area (Å²) >= 11 is 0. The highest BCUT2D eigenvalue weighted by Gasteiger charge is 2.27. The van der Waals surface area contributed by atoms with Crippen molar-refractivity contribution < 1.29 is 14.3 Å². The Hall–Kier alpha value is -1.46. The van der Waals surface area contributed by atoms with E-state index in [0.29, 0.717) is 18.0 Å². The number of piperidine rings is 1. The van der Waals surface area contributed by atoms with Crippen molar-refractivity contribution in [2.24, 2.45) is 5.41 Å². The van der Waals surface area contributed by atoms with Crippen molar-refractivity contribution in [3.05, 3.63) is 23.8 Å². The molecule has 2 rings (SSSR count). The van der Waals surface area contributed by atoms with Gasteiger partial charge in [0.05, 0.1) is 20.6 Å². The molecular weight excluding hydrogens is 316 g/mol. The maximum Gasteiger partial charge on any atom is 0.224 e. The number of halogens is 1. The summed E-state index contributed by atoms with van der Waals surface area (Å²) in [4.78, 5) is 12.3. The van der Waals surface area contributed by atoms with Crippen molar-refractivity contribution >= 4 is 18.3 Å². The van der Waals surface area contributed by atoms with Crippen LogP contribution in [0.3, 0.4) is 0 Å². The van der Waals surface area contributed by atoms with Gasteiger partial charge >= 0.3 is 0 Å². The summed E-state index contributed by atoms with van der Waals surface area (Å²) in [5.41, 5.74) is 0.978. The van der Waals surface area contributed by atoms with E-state index in [1.807, 2.05) is 18.2 Å². The molecule has 1 aliphatic rings. The molecule has 0 aromatic heterocycles. The van der Waals surface area contributed by atoms with Crippen molar-refractivity contribution in [2.45, 2.75) is 26.2 Å². The lowest BCUT2D eigenvalue weighted by Gasteiger charge is -2.34. The molecule has 23 heavy (non-hydrogen) atoms. The Morgan fingerprint density at radius 2 is 1.78 bits per heavy atom. The molecule has 1 aromatic carbocycles. The first-order valence-electron chi connectivity index (χ1n) is 7.75. The van der Waals surface area contributed by atoms with Crippen molar-refractivity contribution in [1.82, 2.24) is 10.6 Å². The predicted molar refractivity (Wildman–Crippen MR) is 93.7 cm³/mol. The molecule has 1 saturated heterocycles. The molecule has 0 atom stereocenters. The number of hydrogen-bond acceptors (Lipinski definition) is 4. The molecule has 1 amide bonds. The van der Waals surface area contributed by atoms with Crippen LogP contribution in [-0.4, -0.2) is 39.8 Å². The van der Waals surface area contributed by atoms with Gasteiger partial charge in [-0.1, -0.05) is 13.0 Å². The monoisotopic (exact) mass is 342 g/mol. The third-order valence-corrected chi connectivity index (χ3v) is 4.39. The normalized spacial score (nSPS) is 16.1. The van der Waals surface area contributed by atoms with Crippen molar-refractivity contribution in [1.29, 1.82) is 0 Å². The largest absolute Gasteiger partial charge is 0.496 e. The van der Waals surface area contributed by atoms with Crippen LogP contribution >= 0.6 is 12.4 Å². The van der Waals surface area contributed by atoms with E-state index in [-0.39, 0.29) is 30.2 Å². The maximum absolute atomic E-state index is 12.3. The molecule has 130 valence electrons. The van der Waals surface area contributed by atoms with Crippen LogP contribution in [0.5, 0.6) is 11.5 Å². The van der Waals surface area contributed by atoms with E-state index in [1.54, 1.807) is 14.2 Å². The number of ether oxygens (including phenoxy) is 2. The van der Waals surface area contributed by atoms with E-state index in [1.165, 1.54) is 0 Å². The fourth-order valence-corrected chi connectivity index (χ4v) is 2.84. The van der Waals surface area contributed by atoms with E-state index in [2.05, 4.69) is 17.6 Å². The Morgan fingerprint density at radius 3 is 2.30 bits per heavy atom. The minimum Gasteiger partial charge on any atom is -0.496 e. The van der Waals surface area contributed by atoms with Gasteiger partial charge in [-0.3, -0.25) is 4.79 Å². The van der Waals surface area contributed by atoms with Crippen molar-refractivity contribution in [3.63, 3.8) is 0 Å². The van der Waals surface area contributed by atoms with Crippen LogP contribution in [0.1, 0.15) is 25.3 Å². The number of carbonyl (C=O) groups excluding carboxylic acids is 1. The molecule has 0 unspecified atom stereocenters. The number of carbonyl (C=O) groups is 1. The molecule has 1 aliphatic heterocycles. The Morgan fingerprint density at radius 1 is 1.22 bits per heavy atom. The Bertz CT molecular complexity index is 494. The summed E-state index contributed by atoms with van der Waals surface area (Å²) < 4.78 is 10.7. The molecule has 0 spiro atoms. The minimum absolute atomic E-state index is 0. The highest BCUT2D eigenvalue weighted by molar-refractivity contribution is 5.85. The average molecular weight is 343 g/mol. The summed E-state index contributed by atoms with van der Waals surface area (Å²) in [5.74, 6) is 1.37.